The molecule has 0 aliphatic carbocycles. The highest BCUT2D eigenvalue weighted by molar-refractivity contribution is 5.99. The lowest BCUT2D eigenvalue weighted by Crippen LogP contribution is -2.34. The van der Waals surface area contributed by atoms with Crippen LogP contribution in [0.3, 0.4) is 0 Å². The maximum Gasteiger partial charge on any atom is 0.417 e. The summed E-state index contributed by atoms with van der Waals surface area (Å²) >= 11 is 0. The largest absolute Gasteiger partial charge is 0.417 e. The number of carbonyl (C=O) groups excluding carboxylic acids is 1. The van der Waals surface area contributed by atoms with Crippen molar-refractivity contribution in [2.75, 3.05) is 0 Å². The maximum absolute atomic E-state index is 13.2. The van der Waals surface area contributed by atoms with Gasteiger partial charge in [-0.05, 0) is 31.0 Å². The molecule has 0 radical (unpaired) electrons. The minimum Gasteiger partial charge on any atom is -0.351 e. The first-order valence-electron chi connectivity index (χ1n) is 8.59. The Morgan fingerprint density at radius 1 is 1.00 bits per heavy atom. The van der Waals surface area contributed by atoms with Crippen LogP contribution in [0.1, 0.15) is 61.1 Å². The number of hydrogen-bond donors (Lipinski definition) is 2. The summed E-state index contributed by atoms with van der Waals surface area (Å²) in [6.45, 7) is 3.87. The lowest BCUT2D eigenvalue weighted by atomic mass is 10.0. The van der Waals surface area contributed by atoms with Gasteiger partial charge in [-0.2, -0.15) is 26.3 Å². The van der Waals surface area contributed by atoms with E-state index in [1.54, 1.807) is 0 Å². The molecule has 0 aliphatic rings. The summed E-state index contributed by atoms with van der Waals surface area (Å²) in [5.41, 5.74) is -3.44. The van der Waals surface area contributed by atoms with Crippen molar-refractivity contribution < 1.29 is 31.1 Å². The Balaban J connectivity index is 2.47. The molecule has 1 aromatic heterocycles. The van der Waals surface area contributed by atoms with Gasteiger partial charge >= 0.3 is 12.4 Å². The topological polar surface area (TPSA) is 44.9 Å². The lowest BCUT2D eigenvalue weighted by molar-refractivity contribution is -0.142. The summed E-state index contributed by atoms with van der Waals surface area (Å²) in [4.78, 5) is 14.8. The third kappa shape index (κ3) is 4.95. The van der Waals surface area contributed by atoms with Gasteiger partial charge in [0.1, 0.15) is 5.69 Å². The van der Waals surface area contributed by atoms with E-state index in [-0.39, 0.29) is 23.3 Å². The molecule has 0 unspecified atom stereocenters. The molecule has 0 spiro atoms. The number of nitrogens with one attached hydrogen (secondary N) is 2. The number of halogens is 6. The van der Waals surface area contributed by atoms with Gasteiger partial charge in [0.15, 0.2) is 0 Å². The molecule has 0 saturated carbocycles. The van der Waals surface area contributed by atoms with Gasteiger partial charge in [-0.1, -0.05) is 26.7 Å². The van der Waals surface area contributed by atoms with Crippen LogP contribution < -0.4 is 5.32 Å². The zero-order valence-corrected chi connectivity index (χ0v) is 14.8. The van der Waals surface area contributed by atoms with Gasteiger partial charge in [0, 0.05) is 16.9 Å². The van der Waals surface area contributed by atoms with Crippen LogP contribution >= 0.6 is 0 Å². The van der Waals surface area contributed by atoms with Crippen LogP contribution in [0.4, 0.5) is 26.3 Å². The molecule has 9 heteroatoms. The fraction of sp³-hybridized carbons (Fsp3) is 0.500. The van der Waals surface area contributed by atoms with Crippen molar-refractivity contribution >= 4 is 16.8 Å². The van der Waals surface area contributed by atoms with Gasteiger partial charge in [0.25, 0.3) is 5.91 Å². The summed E-state index contributed by atoms with van der Waals surface area (Å²) in [7, 11) is 0. The third-order valence-corrected chi connectivity index (χ3v) is 4.22. The second-order valence-corrected chi connectivity index (χ2v) is 6.41. The Hall–Kier alpha value is -2.19. The number of aromatic nitrogens is 1. The zero-order chi connectivity index (χ0) is 20.4. The molecule has 2 aromatic rings. The fourth-order valence-electron chi connectivity index (χ4n) is 3.01. The number of carbonyl (C=O) groups is 1. The van der Waals surface area contributed by atoms with Crippen molar-refractivity contribution in [3.05, 3.63) is 35.0 Å². The van der Waals surface area contributed by atoms with E-state index in [0.717, 1.165) is 18.9 Å². The van der Waals surface area contributed by atoms with E-state index < -0.39 is 34.8 Å². The molecule has 27 heavy (non-hydrogen) atoms. The standard InChI is InChI=1S/C18H20F6N2O/c1-3-5-11(6-4-2)25-16(27)15-9-12-13(18(22,23)24)7-10(17(19,20)21)8-14(12)26-15/h7-9,11,26H,3-6H2,1-2H3,(H,25,27). The van der Waals surface area contributed by atoms with Crippen LogP contribution in [-0.2, 0) is 12.4 Å². The molecule has 0 fully saturated rings. The van der Waals surface area contributed by atoms with Gasteiger partial charge in [0.2, 0.25) is 0 Å². The minimum atomic E-state index is -4.98. The first kappa shape index (κ1) is 21.1. The van der Waals surface area contributed by atoms with E-state index >= 15 is 0 Å². The van der Waals surface area contributed by atoms with E-state index in [4.69, 9.17) is 0 Å². The van der Waals surface area contributed by atoms with Gasteiger partial charge in [-0.15, -0.1) is 0 Å². The molecule has 150 valence electrons. The predicted octanol–water partition coefficient (Wildman–Crippen LogP) is 5.90. The Morgan fingerprint density at radius 3 is 2.07 bits per heavy atom. The maximum atomic E-state index is 13.2. The quantitative estimate of drug-likeness (QED) is 0.589. The number of alkyl halides is 6. The van der Waals surface area contributed by atoms with Gasteiger partial charge < -0.3 is 10.3 Å². The number of fused-ring (bicyclic) bond motifs is 1. The predicted molar refractivity (Wildman–Crippen MR) is 89.4 cm³/mol. The molecule has 1 amide bonds. The summed E-state index contributed by atoms with van der Waals surface area (Å²) < 4.78 is 78.5. The molecule has 0 atom stereocenters. The summed E-state index contributed by atoms with van der Waals surface area (Å²) in [6, 6.07) is 1.45. The smallest absolute Gasteiger partial charge is 0.351 e. The van der Waals surface area contributed by atoms with Crippen LogP contribution in [-0.4, -0.2) is 16.9 Å². The SMILES string of the molecule is CCCC(CCC)NC(=O)c1cc2c(C(F)(F)F)cc(C(F)(F)F)cc2[nH]1. The molecule has 0 aliphatic heterocycles. The normalized spacial score (nSPS) is 12.8. The molecule has 0 bridgehead atoms. The molecule has 1 heterocycles. The fourth-order valence-corrected chi connectivity index (χ4v) is 3.01. The van der Waals surface area contributed by atoms with E-state index in [1.807, 2.05) is 13.8 Å². The molecule has 0 saturated heterocycles. The number of amides is 1. The first-order chi connectivity index (χ1) is 12.5. The molecule has 1 aromatic carbocycles. The van der Waals surface area contributed by atoms with Crippen molar-refractivity contribution in [3.63, 3.8) is 0 Å². The monoisotopic (exact) mass is 394 g/mol. The molecule has 3 nitrogen and oxygen atoms in total. The summed E-state index contributed by atoms with van der Waals surface area (Å²) in [6.07, 6.45) is -6.90. The van der Waals surface area contributed by atoms with E-state index in [0.29, 0.717) is 18.9 Å². The Morgan fingerprint density at radius 2 is 1.59 bits per heavy atom. The average molecular weight is 394 g/mol. The number of rotatable bonds is 6. The number of hydrogen-bond acceptors (Lipinski definition) is 1. The molecule has 2 rings (SSSR count). The Labute approximate surface area is 152 Å². The highest BCUT2D eigenvalue weighted by Gasteiger charge is 2.38. The first-order valence-corrected chi connectivity index (χ1v) is 8.59. The van der Waals surface area contributed by atoms with Gasteiger partial charge in [-0.3, -0.25) is 4.79 Å². The van der Waals surface area contributed by atoms with E-state index in [9.17, 15) is 31.1 Å². The molecular weight excluding hydrogens is 374 g/mol. The third-order valence-electron chi connectivity index (χ3n) is 4.22. The molecular formula is C18H20F6N2O. The van der Waals surface area contributed by atoms with E-state index in [2.05, 4.69) is 10.3 Å². The second-order valence-electron chi connectivity index (χ2n) is 6.41. The van der Waals surface area contributed by atoms with Gasteiger partial charge in [0.05, 0.1) is 11.1 Å². The van der Waals surface area contributed by atoms with Crippen molar-refractivity contribution in [1.82, 2.24) is 10.3 Å². The van der Waals surface area contributed by atoms with Crippen molar-refractivity contribution in [1.29, 1.82) is 0 Å². The highest BCUT2D eigenvalue weighted by Crippen LogP contribution is 2.40. The lowest BCUT2D eigenvalue weighted by Gasteiger charge is -2.16. The van der Waals surface area contributed by atoms with Crippen molar-refractivity contribution in [3.8, 4) is 0 Å². The number of H-pyrrole nitrogens is 1. The van der Waals surface area contributed by atoms with Crippen LogP contribution in [0.2, 0.25) is 0 Å². The Bertz CT molecular complexity index is 801. The zero-order valence-electron chi connectivity index (χ0n) is 14.8. The van der Waals surface area contributed by atoms with Gasteiger partial charge in [-0.25, -0.2) is 0 Å². The van der Waals surface area contributed by atoms with Crippen LogP contribution in [0, 0.1) is 0 Å². The Kier molecular flexibility index (Phi) is 6.11. The highest BCUT2D eigenvalue weighted by atomic mass is 19.4. The minimum absolute atomic E-state index is 0.0643. The van der Waals surface area contributed by atoms with Crippen LogP contribution in [0.25, 0.3) is 10.9 Å². The summed E-state index contributed by atoms with van der Waals surface area (Å²) in [5.74, 6) is -0.639. The van der Waals surface area contributed by atoms with Crippen molar-refractivity contribution in [2.24, 2.45) is 0 Å². The van der Waals surface area contributed by atoms with Crippen molar-refractivity contribution in [2.45, 2.75) is 57.9 Å². The summed E-state index contributed by atoms with van der Waals surface area (Å²) in [5, 5.41) is 2.26. The van der Waals surface area contributed by atoms with Crippen LogP contribution in [0.5, 0.6) is 0 Å². The van der Waals surface area contributed by atoms with Crippen LogP contribution in [0.15, 0.2) is 18.2 Å². The second kappa shape index (κ2) is 7.82. The molecule has 2 N–H and O–H groups in total. The average Bonchev–Trinajstić information content (AvgIpc) is 2.96. The number of aromatic amines is 1. The number of benzene rings is 1. The van der Waals surface area contributed by atoms with E-state index in [1.165, 1.54) is 0 Å².